The van der Waals surface area contributed by atoms with Crippen molar-refractivity contribution < 1.29 is 4.92 Å². The second kappa shape index (κ2) is 5.48. The first-order valence-corrected chi connectivity index (χ1v) is 6.00. The van der Waals surface area contributed by atoms with Crippen molar-refractivity contribution in [2.24, 2.45) is 0 Å². The van der Waals surface area contributed by atoms with Crippen molar-refractivity contribution in [3.05, 3.63) is 63.8 Å². The van der Waals surface area contributed by atoms with E-state index >= 15 is 0 Å². The molecule has 1 atom stereocenters. The average molecular weight is 257 g/mol. The summed E-state index contributed by atoms with van der Waals surface area (Å²) in [5.74, 6) is -0.144. The van der Waals surface area contributed by atoms with Crippen LogP contribution in [0.2, 0.25) is 0 Å². The van der Waals surface area contributed by atoms with Gasteiger partial charge >= 0.3 is 5.82 Å². The SMILES string of the molecule is Cc1ccccc1C(C)Nc1ccc([N+](=O)[O-])nc1. The van der Waals surface area contributed by atoms with E-state index in [4.69, 9.17) is 0 Å². The Bertz CT molecular complexity index is 581. The normalized spacial score (nSPS) is 11.9. The largest absolute Gasteiger partial charge is 0.375 e. The fourth-order valence-corrected chi connectivity index (χ4v) is 1.98. The first-order valence-electron chi connectivity index (χ1n) is 6.00. The maximum atomic E-state index is 10.5. The third kappa shape index (κ3) is 3.07. The lowest BCUT2D eigenvalue weighted by atomic mass is 10.0. The van der Waals surface area contributed by atoms with Crippen molar-refractivity contribution in [1.82, 2.24) is 4.98 Å². The molecule has 1 unspecified atom stereocenters. The Morgan fingerprint density at radius 3 is 2.58 bits per heavy atom. The zero-order chi connectivity index (χ0) is 13.8. The van der Waals surface area contributed by atoms with Gasteiger partial charge in [0, 0.05) is 12.1 Å². The Kier molecular flexibility index (Phi) is 3.75. The lowest BCUT2D eigenvalue weighted by Gasteiger charge is -2.16. The van der Waals surface area contributed by atoms with Crippen LogP contribution < -0.4 is 5.32 Å². The molecule has 0 radical (unpaired) electrons. The minimum Gasteiger partial charge on any atom is -0.375 e. The number of nitrogens with zero attached hydrogens (tertiary/aromatic N) is 2. The van der Waals surface area contributed by atoms with Crippen molar-refractivity contribution in [2.45, 2.75) is 19.9 Å². The fourth-order valence-electron chi connectivity index (χ4n) is 1.98. The first-order chi connectivity index (χ1) is 9.08. The molecule has 0 aliphatic heterocycles. The van der Waals surface area contributed by atoms with Gasteiger partial charge in [-0.25, -0.2) is 0 Å². The van der Waals surface area contributed by atoms with Crippen LogP contribution in [-0.4, -0.2) is 9.91 Å². The van der Waals surface area contributed by atoms with E-state index in [9.17, 15) is 10.1 Å². The van der Waals surface area contributed by atoms with Crippen molar-refractivity contribution in [1.29, 1.82) is 0 Å². The van der Waals surface area contributed by atoms with Crippen LogP contribution in [0.3, 0.4) is 0 Å². The molecule has 1 aromatic carbocycles. The summed E-state index contributed by atoms with van der Waals surface area (Å²) < 4.78 is 0. The Balaban J connectivity index is 2.13. The van der Waals surface area contributed by atoms with E-state index < -0.39 is 4.92 Å². The van der Waals surface area contributed by atoms with Gasteiger partial charge in [0.05, 0.1) is 5.69 Å². The summed E-state index contributed by atoms with van der Waals surface area (Å²) in [6, 6.07) is 11.3. The van der Waals surface area contributed by atoms with Gasteiger partial charge in [0.2, 0.25) is 0 Å². The van der Waals surface area contributed by atoms with Gasteiger partial charge < -0.3 is 15.4 Å². The minimum atomic E-state index is -0.505. The van der Waals surface area contributed by atoms with Crippen LogP contribution in [-0.2, 0) is 0 Å². The number of hydrogen-bond donors (Lipinski definition) is 1. The lowest BCUT2D eigenvalue weighted by molar-refractivity contribution is -0.389. The first kappa shape index (κ1) is 13.0. The molecular formula is C14H15N3O2. The number of rotatable bonds is 4. The molecule has 0 fully saturated rings. The average Bonchev–Trinajstić information content (AvgIpc) is 2.39. The zero-order valence-electron chi connectivity index (χ0n) is 10.8. The van der Waals surface area contributed by atoms with Crippen LogP contribution in [0.25, 0.3) is 0 Å². The van der Waals surface area contributed by atoms with Gasteiger partial charge in [0.25, 0.3) is 0 Å². The molecule has 98 valence electrons. The number of aromatic nitrogens is 1. The van der Waals surface area contributed by atoms with Crippen LogP contribution in [0.4, 0.5) is 11.5 Å². The summed E-state index contributed by atoms with van der Waals surface area (Å²) in [4.78, 5) is 13.8. The van der Waals surface area contributed by atoms with Crippen LogP contribution in [0.15, 0.2) is 42.6 Å². The zero-order valence-corrected chi connectivity index (χ0v) is 10.8. The predicted molar refractivity (Wildman–Crippen MR) is 74.1 cm³/mol. The Hall–Kier alpha value is -2.43. The van der Waals surface area contributed by atoms with Gasteiger partial charge in [-0.15, -0.1) is 0 Å². The van der Waals surface area contributed by atoms with Crippen molar-refractivity contribution in [2.75, 3.05) is 5.32 Å². The van der Waals surface area contributed by atoms with Crippen LogP contribution in [0.1, 0.15) is 24.1 Å². The van der Waals surface area contributed by atoms with E-state index in [2.05, 4.69) is 29.4 Å². The molecule has 0 bridgehead atoms. The molecule has 2 rings (SSSR count). The summed E-state index contributed by atoms with van der Waals surface area (Å²) in [6.07, 6.45) is 1.48. The van der Waals surface area contributed by atoms with E-state index in [-0.39, 0.29) is 11.9 Å². The van der Waals surface area contributed by atoms with Crippen LogP contribution in [0, 0.1) is 17.0 Å². The maximum absolute atomic E-state index is 10.5. The monoisotopic (exact) mass is 257 g/mol. The van der Waals surface area contributed by atoms with Gasteiger partial charge in [0.1, 0.15) is 0 Å². The van der Waals surface area contributed by atoms with Crippen LogP contribution >= 0.6 is 0 Å². The molecule has 1 heterocycles. The van der Waals surface area contributed by atoms with Gasteiger partial charge in [0.15, 0.2) is 6.20 Å². The standard InChI is InChI=1S/C14H15N3O2/c1-10-5-3-4-6-13(10)11(2)16-12-7-8-14(15-9-12)17(18)19/h3-9,11,16H,1-2H3. The molecule has 5 nitrogen and oxygen atoms in total. The lowest BCUT2D eigenvalue weighted by Crippen LogP contribution is -2.08. The fraction of sp³-hybridized carbons (Fsp3) is 0.214. The molecule has 0 aliphatic rings. The van der Waals surface area contributed by atoms with Crippen molar-refractivity contribution in [3.8, 4) is 0 Å². The number of hydrogen-bond acceptors (Lipinski definition) is 4. The number of aryl methyl sites for hydroxylation is 1. The summed E-state index contributed by atoms with van der Waals surface area (Å²) in [6.45, 7) is 4.10. The molecule has 0 saturated carbocycles. The molecule has 0 spiro atoms. The number of benzene rings is 1. The summed E-state index contributed by atoms with van der Waals surface area (Å²) in [5, 5.41) is 13.8. The number of nitro groups is 1. The second-order valence-corrected chi connectivity index (χ2v) is 4.38. The van der Waals surface area contributed by atoms with E-state index in [0.717, 1.165) is 5.69 Å². The molecular weight excluding hydrogens is 242 g/mol. The molecule has 0 aliphatic carbocycles. The highest BCUT2D eigenvalue weighted by Gasteiger charge is 2.10. The Labute approximate surface area is 111 Å². The smallest absolute Gasteiger partial charge is 0.363 e. The highest BCUT2D eigenvalue weighted by molar-refractivity contribution is 5.46. The predicted octanol–water partition coefficient (Wildman–Crippen LogP) is 3.47. The van der Waals surface area contributed by atoms with Crippen molar-refractivity contribution >= 4 is 11.5 Å². The molecule has 1 aromatic heterocycles. The highest BCUT2D eigenvalue weighted by atomic mass is 16.6. The van der Waals surface area contributed by atoms with Gasteiger partial charge in [-0.05, 0) is 40.9 Å². The number of anilines is 1. The summed E-state index contributed by atoms with van der Waals surface area (Å²) >= 11 is 0. The third-order valence-corrected chi connectivity index (χ3v) is 2.97. The Morgan fingerprint density at radius 2 is 2.00 bits per heavy atom. The van der Waals surface area contributed by atoms with Crippen molar-refractivity contribution in [3.63, 3.8) is 0 Å². The van der Waals surface area contributed by atoms with E-state index in [1.165, 1.54) is 23.4 Å². The molecule has 19 heavy (non-hydrogen) atoms. The summed E-state index contributed by atoms with van der Waals surface area (Å²) in [5.41, 5.74) is 3.17. The minimum absolute atomic E-state index is 0.115. The highest BCUT2D eigenvalue weighted by Crippen LogP contribution is 2.22. The van der Waals surface area contributed by atoms with Gasteiger partial charge in [-0.1, -0.05) is 24.3 Å². The third-order valence-electron chi connectivity index (χ3n) is 2.97. The van der Waals surface area contributed by atoms with E-state index in [0.29, 0.717) is 0 Å². The maximum Gasteiger partial charge on any atom is 0.363 e. The van der Waals surface area contributed by atoms with Gasteiger partial charge in [-0.3, -0.25) is 0 Å². The topological polar surface area (TPSA) is 68.1 Å². The van der Waals surface area contributed by atoms with E-state index in [1.807, 2.05) is 19.1 Å². The molecule has 0 amide bonds. The molecule has 2 aromatic rings. The Morgan fingerprint density at radius 1 is 1.26 bits per heavy atom. The molecule has 1 N–H and O–H groups in total. The summed E-state index contributed by atoms with van der Waals surface area (Å²) in [7, 11) is 0. The quantitative estimate of drug-likeness (QED) is 0.672. The number of pyridine rings is 1. The van der Waals surface area contributed by atoms with E-state index in [1.54, 1.807) is 6.07 Å². The molecule has 5 heteroatoms. The molecule has 0 saturated heterocycles. The van der Waals surface area contributed by atoms with Crippen LogP contribution in [0.5, 0.6) is 0 Å². The number of nitrogens with one attached hydrogen (secondary N) is 1. The van der Waals surface area contributed by atoms with Gasteiger partial charge in [-0.2, -0.15) is 0 Å². The second-order valence-electron chi connectivity index (χ2n) is 4.38.